The molecule has 1 aromatic rings. The summed E-state index contributed by atoms with van der Waals surface area (Å²) in [6.07, 6.45) is 8.86. The molecule has 2 amide bonds. The zero-order valence-corrected chi connectivity index (χ0v) is 15.6. The average molecular weight is 373 g/mol. The lowest BCUT2D eigenvalue weighted by atomic mass is 10.1. The largest absolute Gasteiger partial charge is 0.356 e. The smallest absolute Gasteiger partial charge is 0.290 e. The van der Waals surface area contributed by atoms with Crippen molar-refractivity contribution in [1.82, 2.24) is 15.3 Å². The van der Waals surface area contributed by atoms with Crippen molar-refractivity contribution >= 4 is 40.8 Å². The zero-order valence-electron chi connectivity index (χ0n) is 14.7. The Balaban J connectivity index is 1.68. The molecule has 7 nitrogen and oxygen atoms in total. The average Bonchev–Trinajstić information content (AvgIpc) is 3.00. The highest BCUT2D eigenvalue weighted by Gasteiger charge is 2.26. The quantitative estimate of drug-likeness (QED) is 0.816. The fraction of sp³-hybridized carbons (Fsp3) is 0.556. The van der Waals surface area contributed by atoms with Gasteiger partial charge >= 0.3 is 0 Å². The van der Waals surface area contributed by atoms with Crippen LogP contribution in [0.2, 0.25) is 0 Å². The molecule has 0 aliphatic carbocycles. The number of aromatic nitrogens is 2. The summed E-state index contributed by atoms with van der Waals surface area (Å²) in [5, 5.41) is 1.96. The minimum Gasteiger partial charge on any atom is -0.356 e. The van der Waals surface area contributed by atoms with Crippen molar-refractivity contribution in [3.8, 4) is 0 Å². The van der Waals surface area contributed by atoms with Crippen molar-refractivity contribution < 1.29 is 9.59 Å². The monoisotopic (exact) mass is 373 g/mol. The molecule has 0 radical (unpaired) electrons. The van der Waals surface area contributed by atoms with E-state index in [9.17, 15) is 9.59 Å². The highest BCUT2D eigenvalue weighted by molar-refractivity contribution is 8.18. The second kappa shape index (κ2) is 7.65. The number of carbonyl (C=O) groups is 2. The topological polar surface area (TPSA) is 78.4 Å². The van der Waals surface area contributed by atoms with E-state index >= 15 is 0 Å². The van der Waals surface area contributed by atoms with E-state index in [2.05, 4.69) is 20.1 Å². The maximum atomic E-state index is 11.9. The van der Waals surface area contributed by atoms with Crippen LogP contribution in [0.3, 0.4) is 0 Å². The van der Waals surface area contributed by atoms with Crippen LogP contribution in [0.5, 0.6) is 0 Å². The zero-order chi connectivity index (χ0) is 17.9. The van der Waals surface area contributed by atoms with Crippen LogP contribution < -0.4 is 15.1 Å². The summed E-state index contributed by atoms with van der Waals surface area (Å²) in [6.45, 7) is 3.93. The van der Waals surface area contributed by atoms with Crippen molar-refractivity contribution in [1.29, 1.82) is 0 Å². The molecule has 0 saturated carbocycles. The number of rotatable bonds is 3. The van der Waals surface area contributed by atoms with Gasteiger partial charge in [-0.15, -0.1) is 0 Å². The molecule has 3 fully saturated rings. The molecule has 3 aliphatic heterocycles. The normalized spacial score (nSPS) is 22.8. The van der Waals surface area contributed by atoms with E-state index in [1.165, 1.54) is 25.7 Å². The van der Waals surface area contributed by atoms with Gasteiger partial charge in [0, 0.05) is 32.2 Å². The molecule has 1 N–H and O–H groups in total. The highest BCUT2D eigenvalue weighted by Crippen LogP contribution is 2.28. The van der Waals surface area contributed by atoms with Crippen LogP contribution in [0.25, 0.3) is 6.08 Å². The van der Waals surface area contributed by atoms with Gasteiger partial charge in [0.1, 0.15) is 5.82 Å². The number of piperidine rings is 2. The first-order valence-corrected chi connectivity index (χ1v) is 10.1. The van der Waals surface area contributed by atoms with E-state index in [1.807, 2.05) is 6.07 Å². The van der Waals surface area contributed by atoms with E-state index in [-0.39, 0.29) is 11.1 Å². The van der Waals surface area contributed by atoms with Gasteiger partial charge in [-0.1, -0.05) is 0 Å². The maximum Gasteiger partial charge on any atom is 0.290 e. The van der Waals surface area contributed by atoms with Crippen molar-refractivity contribution in [2.24, 2.45) is 0 Å². The number of nitrogens with one attached hydrogen (secondary N) is 1. The van der Waals surface area contributed by atoms with Gasteiger partial charge in [-0.3, -0.25) is 14.9 Å². The Morgan fingerprint density at radius 1 is 0.923 bits per heavy atom. The minimum atomic E-state index is -0.349. The number of hydrogen-bond acceptors (Lipinski definition) is 7. The first-order chi connectivity index (χ1) is 12.7. The van der Waals surface area contributed by atoms with Crippen LogP contribution in [0.1, 0.15) is 44.2 Å². The predicted octanol–water partition coefficient (Wildman–Crippen LogP) is 2.78. The summed E-state index contributed by atoms with van der Waals surface area (Å²) in [5.41, 5.74) is 0.688. The maximum absolute atomic E-state index is 11.9. The summed E-state index contributed by atoms with van der Waals surface area (Å²) in [6, 6.07) is 1.93. The Kier molecular flexibility index (Phi) is 5.10. The summed E-state index contributed by atoms with van der Waals surface area (Å²) >= 11 is 0.925. The molecule has 3 aliphatic rings. The molecule has 0 atom stereocenters. The molecule has 0 aromatic carbocycles. The lowest BCUT2D eigenvalue weighted by Gasteiger charge is -2.31. The Morgan fingerprint density at radius 2 is 1.58 bits per heavy atom. The highest BCUT2D eigenvalue weighted by atomic mass is 32.2. The molecule has 3 saturated heterocycles. The second-order valence-corrected chi connectivity index (χ2v) is 7.91. The molecule has 1 aromatic heterocycles. The van der Waals surface area contributed by atoms with E-state index in [1.54, 1.807) is 6.08 Å². The van der Waals surface area contributed by atoms with Crippen LogP contribution in [0.15, 0.2) is 11.0 Å². The second-order valence-electron chi connectivity index (χ2n) is 6.90. The van der Waals surface area contributed by atoms with Crippen molar-refractivity contribution in [2.75, 3.05) is 36.0 Å². The van der Waals surface area contributed by atoms with Gasteiger partial charge in [-0.05, 0) is 56.4 Å². The fourth-order valence-electron chi connectivity index (χ4n) is 3.59. The number of imide groups is 1. The van der Waals surface area contributed by atoms with Crippen LogP contribution in [-0.2, 0) is 4.79 Å². The molecule has 4 rings (SSSR count). The molecular formula is C18H23N5O2S. The molecule has 8 heteroatoms. The molecule has 0 unspecified atom stereocenters. The number of carbonyl (C=O) groups excluding carboxylic acids is 2. The van der Waals surface area contributed by atoms with Gasteiger partial charge in [0.15, 0.2) is 0 Å². The third kappa shape index (κ3) is 3.85. The van der Waals surface area contributed by atoms with E-state index in [4.69, 9.17) is 4.98 Å². The SMILES string of the molecule is O=C1NC(=O)/C(=C/c2cc(N3CCCCC3)nc(N3CCCCC3)n2)S1. The molecule has 26 heavy (non-hydrogen) atoms. The van der Waals surface area contributed by atoms with Crippen LogP contribution in [0.4, 0.5) is 16.6 Å². The molecule has 138 valence electrons. The standard InChI is InChI=1S/C18H23N5O2S/c24-16-14(26-18(25)21-16)11-13-12-15(22-7-3-1-4-8-22)20-17(19-13)23-9-5-2-6-10-23/h11-12H,1-10H2,(H,21,24,25)/b14-11-. The molecule has 0 bridgehead atoms. The number of hydrogen-bond donors (Lipinski definition) is 1. The van der Waals surface area contributed by atoms with Crippen molar-refractivity contribution in [3.05, 3.63) is 16.7 Å². The third-order valence-corrected chi connectivity index (χ3v) is 5.77. The van der Waals surface area contributed by atoms with Gasteiger partial charge in [0.05, 0.1) is 10.6 Å². The van der Waals surface area contributed by atoms with Gasteiger partial charge < -0.3 is 9.80 Å². The van der Waals surface area contributed by atoms with E-state index in [0.717, 1.165) is 62.5 Å². The van der Waals surface area contributed by atoms with Gasteiger partial charge in [0.25, 0.3) is 11.1 Å². The Bertz CT molecular complexity index is 703. The van der Waals surface area contributed by atoms with Gasteiger partial charge in [-0.25, -0.2) is 4.98 Å². The Hall–Kier alpha value is -2.09. The van der Waals surface area contributed by atoms with E-state index < -0.39 is 0 Å². The number of amides is 2. The summed E-state index contributed by atoms with van der Waals surface area (Å²) < 4.78 is 0. The molecule has 4 heterocycles. The van der Waals surface area contributed by atoms with Crippen LogP contribution in [0, 0.1) is 0 Å². The first kappa shape index (κ1) is 17.3. The number of thioether (sulfide) groups is 1. The fourth-order valence-corrected chi connectivity index (χ4v) is 4.26. The molecular weight excluding hydrogens is 350 g/mol. The lowest BCUT2D eigenvalue weighted by molar-refractivity contribution is -0.115. The van der Waals surface area contributed by atoms with Gasteiger partial charge in [-0.2, -0.15) is 4.98 Å². The Morgan fingerprint density at radius 3 is 2.19 bits per heavy atom. The number of nitrogens with zero attached hydrogens (tertiary/aromatic N) is 4. The Labute approximate surface area is 157 Å². The lowest BCUT2D eigenvalue weighted by Crippen LogP contribution is -2.33. The van der Waals surface area contributed by atoms with E-state index in [0.29, 0.717) is 10.6 Å². The number of anilines is 2. The third-order valence-electron chi connectivity index (χ3n) is 4.96. The van der Waals surface area contributed by atoms with Gasteiger partial charge in [0.2, 0.25) is 5.95 Å². The summed E-state index contributed by atoms with van der Waals surface area (Å²) in [4.78, 5) is 37.7. The van der Waals surface area contributed by atoms with Crippen LogP contribution >= 0.6 is 11.8 Å². The summed E-state index contributed by atoms with van der Waals surface area (Å²) in [7, 11) is 0. The summed E-state index contributed by atoms with van der Waals surface area (Å²) in [5.74, 6) is 1.30. The predicted molar refractivity (Wildman–Crippen MR) is 103 cm³/mol. The van der Waals surface area contributed by atoms with Crippen molar-refractivity contribution in [2.45, 2.75) is 38.5 Å². The minimum absolute atomic E-state index is 0.331. The first-order valence-electron chi connectivity index (χ1n) is 9.33. The van der Waals surface area contributed by atoms with Crippen molar-refractivity contribution in [3.63, 3.8) is 0 Å². The van der Waals surface area contributed by atoms with Crippen LogP contribution in [-0.4, -0.2) is 47.3 Å². The molecule has 0 spiro atoms.